The Morgan fingerprint density at radius 2 is 2.24 bits per heavy atom. The average Bonchev–Trinajstić information content (AvgIpc) is 3.30. The molecule has 1 aliphatic rings. The highest BCUT2D eigenvalue weighted by Gasteiger charge is 2.15. The van der Waals surface area contributed by atoms with E-state index in [1.807, 2.05) is 22.9 Å². The Kier molecular flexibility index (Phi) is 5.60. The molecule has 1 aliphatic carbocycles. The number of aromatic nitrogens is 1. The summed E-state index contributed by atoms with van der Waals surface area (Å²) in [7, 11) is 3.34. The van der Waals surface area contributed by atoms with E-state index in [1.165, 1.54) is 12.1 Å². The average molecular weight is 357 g/mol. The maximum absolute atomic E-state index is 5.56. The van der Waals surface area contributed by atoms with Crippen LogP contribution in [0.15, 0.2) is 53.0 Å². The predicted octanol–water partition coefficient (Wildman–Crippen LogP) is 3.93. The molecule has 1 aromatic heterocycles. The van der Waals surface area contributed by atoms with Gasteiger partial charge in [-0.15, -0.1) is 17.9 Å². The summed E-state index contributed by atoms with van der Waals surface area (Å²) in [5.41, 5.74) is 6.70. The summed E-state index contributed by atoms with van der Waals surface area (Å²) >= 11 is 1.59. The molecule has 0 saturated heterocycles. The molecule has 0 fully saturated rings. The molecule has 132 valence electrons. The zero-order chi connectivity index (χ0) is 17.6. The number of hydrogen-bond donors (Lipinski definition) is 1. The standard InChI is InChI=1S/C19H23N3O2S/c1-4-11-20-19-22(21-14-7-5-6-8-14)17(13-25-19)16-12-15(23-2)9-10-18(16)24-3/h4,7,9-10,12-13,21H,1,5-6,8,11H2,2-3H3. The summed E-state index contributed by atoms with van der Waals surface area (Å²) in [5.74, 6) is 1.59. The van der Waals surface area contributed by atoms with Gasteiger partial charge in [-0.3, -0.25) is 10.4 Å². The number of rotatable bonds is 7. The summed E-state index contributed by atoms with van der Waals surface area (Å²) < 4.78 is 13.0. The van der Waals surface area contributed by atoms with Crippen molar-refractivity contribution in [2.24, 2.45) is 4.99 Å². The Balaban J connectivity index is 2.12. The quantitative estimate of drug-likeness (QED) is 0.764. The fraction of sp³-hybridized carbons (Fsp3) is 0.316. The van der Waals surface area contributed by atoms with Crippen molar-refractivity contribution in [3.63, 3.8) is 0 Å². The molecule has 0 amide bonds. The lowest BCUT2D eigenvalue weighted by Gasteiger charge is -2.15. The number of ether oxygens (including phenoxy) is 2. The third-order valence-electron chi connectivity index (χ3n) is 4.04. The van der Waals surface area contributed by atoms with E-state index >= 15 is 0 Å². The monoisotopic (exact) mass is 357 g/mol. The van der Waals surface area contributed by atoms with Crippen molar-refractivity contribution >= 4 is 11.3 Å². The zero-order valence-electron chi connectivity index (χ0n) is 14.6. The zero-order valence-corrected chi connectivity index (χ0v) is 15.4. The molecule has 0 spiro atoms. The van der Waals surface area contributed by atoms with E-state index in [9.17, 15) is 0 Å². The van der Waals surface area contributed by atoms with Crippen LogP contribution in [0.5, 0.6) is 11.5 Å². The van der Waals surface area contributed by atoms with E-state index in [0.29, 0.717) is 6.54 Å². The van der Waals surface area contributed by atoms with Crippen LogP contribution >= 0.6 is 11.3 Å². The molecule has 6 heteroatoms. The second-order valence-corrected chi connectivity index (χ2v) is 6.50. The minimum Gasteiger partial charge on any atom is -0.497 e. The van der Waals surface area contributed by atoms with E-state index < -0.39 is 0 Å². The van der Waals surface area contributed by atoms with Crippen LogP contribution < -0.4 is 19.7 Å². The molecule has 1 heterocycles. The fourth-order valence-electron chi connectivity index (χ4n) is 2.79. The highest BCUT2D eigenvalue weighted by Crippen LogP contribution is 2.33. The minimum absolute atomic E-state index is 0.579. The highest BCUT2D eigenvalue weighted by atomic mass is 32.1. The van der Waals surface area contributed by atoms with Gasteiger partial charge in [-0.2, -0.15) is 0 Å². The lowest BCUT2D eigenvalue weighted by Crippen LogP contribution is -2.26. The minimum atomic E-state index is 0.579. The van der Waals surface area contributed by atoms with Gasteiger partial charge in [0.1, 0.15) is 11.5 Å². The topological polar surface area (TPSA) is 47.8 Å². The second-order valence-electron chi connectivity index (χ2n) is 5.67. The largest absolute Gasteiger partial charge is 0.497 e. The van der Waals surface area contributed by atoms with Crippen molar-refractivity contribution < 1.29 is 9.47 Å². The lowest BCUT2D eigenvalue weighted by molar-refractivity contribution is 0.404. The molecular formula is C19H23N3O2S. The van der Waals surface area contributed by atoms with Gasteiger partial charge in [-0.05, 0) is 37.5 Å². The number of nitrogens with zero attached hydrogens (tertiary/aromatic N) is 2. The van der Waals surface area contributed by atoms with Gasteiger partial charge < -0.3 is 9.47 Å². The van der Waals surface area contributed by atoms with E-state index in [4.69, 9.17) is 9.47 Å². The maximum Gasteiger partial charge on any atom is 0.204 e. The van der Waals surface area contributed by atoms with Gasteiger partial charge in [0.25, 0.3) is 0 Å². The van der Waals surface area contributed by atoms with Crippen LogP contribution in [0.2, 0.25) is 0 Å². The van der Waals surface area contributed by atoms with Crippen molar-refractivity contribution in [1.29, 1.82) is 0 Å². The number of methoxy groups -OCH3 is 2. The van der Waals surface area contributed by atoms with Gasteiger partial charge >= 0.3 is 0 Å². The lowest BCUT2D eigenvalue weighted by atomic mass is 10.1. The molecule has 1 N–H and O–H groups in total. The number of hydrogen-bond acceptors (Lipinski definition) is 5. The molecule has 5 nitrogen and oxygen atoms in total. The number of allylic oxidation sites excluding steroid dienone is 2. The summed E-state index contributed by atoms with van der Waals surface area (Å²) in [5, 5.41) is 2.09. The molecule has 3 rings (SSSR count). The SMILES string of the molecule is C=CCN=c1scc(-c2cc(OC)ccc2OC)n1NC1=CCCC1. The van der Waals surface area contributed by atoms with Crippen molar-refractivity contribution in [2.75, 3.05) is 26.2 Å². The van der Waals surface area contributed by atoms with Crippen LogP contribution in [0.4, 0.5) is 0 Å². The molecule has 2 aromatic rings. The second kappa shape index (κ2) is 8.07. The molecule has 0 unspecified atom stereocenters. The molecule has 0 saturated carbocycles. The fourth-order valence-corrected chi connectivity index (χ4v) is 3.64. The Hall–Kier alpha value is -2.47. The van der Waals surface area contributed by atoms with E-state index in [2.05, 4.69) is 28.5 Å². The predicted molar refractivity (Wildman–Crippen MR) is 103 cm³/mol. The van der Waals surface area contributed by atoms with E-state index in [1.54, 1.807) is 31.6 Å². The van der Waals surface area contributed by atoms with Gasteiger partial charge in [-0.1, -0.05) is 12.2 Å². The first-order valence-electron chi connectivity index (χ1n) is 8.27. The maximum atomic E-state index is 5.56. The van der Waals surface area contributed by atoms with E-state index in [0.717, 1.165) is 40.4 Å². The van der Waals surface area contributed by atoms with Crippen LogP contribution in [-0.4, -0.2) is 25.4 Å². The van der Waals surface area contributed by atoms with Crippen LogP contribution in [0, 0.1) is 0 Å². The number of thiazole rings is 1. The molecule has 0 radical (unpaired) electrons. The summed E-state index contributed by atoms with van der Waals surface area (Å²) in [6, 6.07) is 5.81. The Morgan fingerprint density at radius 3 is 2.92 bits per heavy atom. The number of benzene rings is 1. The van der Waals surface area contributed by atoms with E-state index in [-0.39, 0.29) is 0 Å². The van der Waals surface area contributed by atoms with Crippen molar-refractivity contribution in [2.45, 2.75) is 19.3 Å². The van der Waals surface area contributed by atoms with Gasteiger partial charge in [0.15, 0.2) is 0 Å². The van der Waals surface area contributed by atoms with Gasteiger partial charge in [-0.25, -0.2) is 4.68 Å². The van der Waals surface area contributed by atoms with Crippen molar-refractivity contribution in [1.82, 2.24) is 4.68 Å². The Bertz CT molecular complexity index is 849. The molecule has 1 aromatic carbocycles. The Morgan fingerprint density at radius 1 is 1.36 bits per heavy atom. The Labute approximate surface area is 151 Å². The molecular weight excluding hydrogens is 334 g/mol. The van der Waals surface area contributed by atoms with Crippen LogP contribution in [0.25, 0.3) is 11.3 Å². The van der Waals surface area contributed by atoms with Crippen molar-refractivity contribution in [3.05, 3.63) is 52.8 Å². The van der Waals surface area contributed by atoms with Gasteiger partial charge in [0.2, 0.25) is 4.80 Å². The number of nitrogens with one attached hydrogen (secondary N) is 1. The normalized spacial score (nSPS) is 14.3. The smallest absolute Gasteiger partial charge is 0.204 e. The van der Waals surface area contributed by atoms with Crippen LogP contribution in [0.3, 0.4) is 0 Å². The third kappa shape index (κ3) is 3.79. The first kappa shape index (κ1) is 17.4. The first-order chi connectivity index (χ1) is 12.3. The van der Waals surface area contributed by atoms with Gasteiger partial charge in [0, 0.05) is 16.6 Å². The van der Waals surface area contributed by atoms with Crippen molar-refractivity contribution in [3.8, 4) is 22.8 Å². The molecule has 25 heavy (non-hydrogen) atoms. The highest BCUT2D eigenvalue weighted by molar-refractivity contribution is 7.07. The summed E-state index contributed by atoms with van der Waals surface area (Å²) in [6.07, 6.45) is 7.39. The molecule has 0 aliphatic heterocycles. The third-order valence-corrected chi connectivity index (χ3v) is 4.91. The summed E-state index contributed by atoms with van der Waals surface area (Å²) in [6.45, 7) is 4.34. The van der Waals surface area contributed by atoms with Crippen LogP contribution in [-0.2, 0) is 0 Å². The summed E-state index contributed by atoms with van der Waals surface area (Å²) in [4.78, 5) is 5.51. The van der Waals surface area contributed by atoms with Gasteiger partial charge in [0.05, 0.1) is 26.5 Å². The molecule has 0 bridgehead atoms. The van der Waals surface area contributed by atoms with Crippen LogP contribution in [0.1, 0.15) is 19.3 Å². The first-order valence-corrected chi connectivity index (χ1v) is 9.15. The molecule has 0 atom stereocenters.